The van der Waals surface area contributed by atoms with E-state index in [1.165, 1.54) is 6.07 Å². The van der Waals surface area contributed by atoms with Gasteiger partial charge in [0.15, 0.2) is 0 Å². The maximum Gasteiger partial charge on any atom is 0.244 e. The minimum Gasteiger partial charge on any atom is -0.465 e. The van der Waals surface area contributed by atoms with Crippen LogP contribution in [0.5, 0.6) is 0 Å². The quantitative estimate of drug-likeness (QED) is 0.772. The van der Waals surface area contributed by atoms with Crippen LogP contribution in [0.2, 0.25) is 0 Å². The highest BCUT2D eigenvalue weighted by molar-refractivity contribution is 7.89. The molecule has 2 aromatic heterocycles. The molecule has 0 saturated heterocycles. The van der Waals surface area contributed by atoms with Crippen LogP contribution in [0.25, 0.3) is 0 Å². The number of aromatic nitrogens is 1. The smallest absolute Gasteiger partial charge is 0.244 e. The Morgan fingerprint density at radius 1 is 1.04 bits per heavy atom. The summed E-state index contributed by atoms with van der Waals surface area (Å²) in [4.78, 5) is 4.26. The molecule has 1 atom stereocenters. The van der Waals surface area contributed by atoms with Gasteiger partial charge in [-0.05, 0) is 37.1 Å². The number of nitrogens with zero attached hydrogens (tertiary/aromatic N) is 1. The number of rotatable bonds is 5. The molecule has 124 valence electrons. The maximum absolute atomic E-state index is 12.8. The first-order valence-corrected chi connectivity index (χ1v) is 9.00. The Morgan fingerprint density at radius 3 is 2.33 bits per heavy atom. The molecule has 6 heteroatoms. The number of benzene rings is 1. The molecule has 0 aliphatic heterocycles. The fourth-order valence-electron chi connectivity index (χ4n) is 2.61. The van der Waals surface area contributed by atoms with Crippen LogP contribution in [-0.2, 0) is 10.0 Å². The zero-order valence-corrected chi connectivity index (χ0v) is 14.2. The zero-order chi connectivity index (χ0) is 17.2. The molecule has 3 rings (SSSR count). The molecule has 1 unspecified atom stereocenters. The van der Waals surface area contributed by atoms with Gasteiger partial charge in [0.05, 0.1) is 6.04 Å². The monoisotopic (exact) mass is 342 g/mol. The van der Waals surface area contributed by atoms with Gasteiger partial charge in [0.2, 0.25) is 10.0 Å². The number of aryl methyl sites for hydroxylation is 2. The van der Waals surface area contributed by atoms with Crippen molar-refractivity contribution < 1.29 is 12.8 Å². The topological polar surface area (TPSA) is 72.2 Å². The van der Waals surface area contributed by atoms with Gasteiger partial charge >= 0.3 is 0 Å². The van der Waals surface area contributed by atoms with Crippen LogP contribution in [-0.4, -0.2) is 13.4 Å². The third kappa shape index (κ3) is 3.39. The van der Waals surface area contributed by atoms with E-state index >= 15 is 0 Å². The van der Waals surface area contributed by atoms with E-state index in [-0.39, 0.29) is 4.90 Å². The molecule has 0 bridgehead atoms. The third-order valence-corrected chi connectivity index (χ3v) is 5.24. The lowest BCUT2D eigenvalue weighted by atomic mass is 10.0. The van der Waals surface area contributed by atoms with E-state index < -0.39 is 16.1 Å². The van der Waals surface area contributed by atoms with Crippen LogP contribution < -0.4 is 4.72 Å². The number of nitrogens with one attached hydrogen (secondary N) is 1. The van der Waals surface area contributed by atoms with Crippen LogP contribution in [0.4, 0.5) is 0 Å². The fraction of sp³-hybridized carbons (Fsp3) is 0.167. The van der Waals surface area contributed by atoms with E-state index in [0.29, 0.717) is 11.5 Å². The highest BCUT2D eigenvalue weighted by Gasteiger charge is 2.26. The van der Waals surface area contributed by atoms with E-state index in [0.717, 1.165) is 11.1 Å². The van der Waals surface area contributed by atoms with Crippen molar-refractivity contribution in [3.63, 3.8) is 0 Å². The first-order chi connectivity index (χ1) is 11.5. The first kappa shape index (κ1) is 16.4. The second-order valence-corrected chi connectivity index (χ2v) is 7.21. The molecule has 0 fully saturated rings. The molecule has 3 aromatic rings. The predicted molar refractivity (Wildman–Crippen MR) is 91.0 cm³/mol. The third-order valence-electron chi connectivity index (χ3n) is 3.71. The van der Waals surface area contributed by atoms with Gasteiger partial charge in [-0.3, -0.25) is 4.98 Å². The van der Waals surface area contributed by atoms with Gasteiger partial charge in [-0.25, -0.2) is 8.42 Å². The van der Waals surface area contributed by atoms with Crippen LogP contribution in [0, 0.1) is 13.8 Å². The number of hydrogen-bond donors (Lipinski definition) is 1. The lowest BCUT2D eigenvalue weighted by Gasteiger charge is -2.19. The van der Waals surface area contributed by atoms with Crippen molar-refractivity contribution in [2.75, 3.05) is 0 Å². The van der Waals surface area contributed by atoms with Gasteiger partial charge in [-0.15, -0.1) is 0 Å². The molecule has 0 aliphatic rings. The summed E-state index contributed by atoms with van der Waals surface area (Å²) in [6.07, 6.45) is 3.32. The summed E-state index contributed by atoms with van der Waals surface area (Å²) in [5.41, 5.74) is 1.61. The van der Waals surface area contributed by atoms with Gasteiger partial charge in [-0.2, -0.15) is 4.72 Å². The lowest BCUT2D eigenvalue weighted by Crippen LogP contribution is -2.29. The summed E-state index contributed by atoms with van der Waals surface area (Å²) in [5, 5.41) is 0. The van der Waals surface area contributed by atoms with Crippen molar-refractivity contribution in [3.8, 4) is 0 Å². The summed E-state index contributed by atoms with van der Waals surface area (Å²) < 4.78 is 33.8. The average Bonchev–Trinajstić information content (AvgIpc) is 2.94. The Bertz CT molecular complexity index is 880. The number of furan rings is 1. The van der Waals surface area contributed by atoms with E-state index in [1.807, 2.05) is 36.4 Å². The van der Waals surface area contributed by atoms with Crippen molar-refractivity contribution in [1.29, 1.82) is 0 Å². The molecule has 1 aromatic carbocycles. The van der Waals surface area contributed by atoms with Gasteiger partial charge < -0.3 is 4.42 Å². The zero-order valence-electron chi connectivity index (χ0n) is 13.4. The molecule has 0 radical (unpaired) electrons. The van der Waals surface area contributed by atoms with Crippen molar-refractivity contribution in [3.05, 3.63) is 83.6 Å². The van der Waals surface area contributed by atoms with Crippen molar-refractivity contribution >= 4 is 10.0 Å². The lowest BCUT2D eigenvalue weighted by molar-refractivity contribution is 0.495. The molecular formula is C18H18N2O3S. The largest absolute Gasteiger partial charge is 0.465 e. The van der Waals surface area contributed by atoms with Crippen LogP contribution in [0.1, 0.15) is 28.7 Å². The van der Waals surface area contributed by atoms with E-state index in [4.69, 9.17) is 4.42 Å². The number of pyridine rings is 1. The number of sulfonamides is 1. The standard InChI is InChI=1S/C18H18N2O3S/c1-13-11-17(14(2)23-13)24(21,22)20-18(15-7-4-3-5-8-15)16-9-6-10-19-12-16/h3-12,18,20H,1-2H3. The van der Waals surface area contributed by atoms with Gasteiger partial charge in [0.25, 0.3) is 0 Å². The average molecular weight is 342 g/mol. The predicted octanol–water partition coefficient (Wildman–Crippen LogP) is 3.36. The van der Waals surface area contributed by atoms with Crippen LogP contribution >= 0.6 is 0 Å². The normalized spacial score (nSPS) is 12.9. The Kier molecular flexibility index (Phi) is 4.51. The number of hydrogen-bond acceptors (Lipinski definition) is 4. The van der Waals surface area contributed by atoms with E-state index in [2.05, 4.69) is 9.71 Å². The summed E-state index contributed by atoms with van der Waals surface area (Å²) in [7, 11) is -3.74. The summed E-state index contributed by atoms with van der Waals surface area (Å²) in [6.45, 7) is 3.37. The Labute approximate surface area is 141 Å². The summed E-state index contributed by atoms with van der Waals surface area (Å²) in [6, 6.07) is 14.0. The highest BCUT2D eigenvalue weighted by Crippen LogP contribution is 2.26. The molecule has 2 heterocycles. The first-order valence-electron chi connectivity index (χ1n) is 7.51. The SMILES string of the molecule is Cc1cc(S(=O)(=O)NC(c2ccccc2)c2cccnc2)c(C)o1. The molecule has 0 spiro atoms. The summed E-state index contributed by atoms with van der Waals surface area (Å²) in [5.74, 6) is 0.934. The maximum atomic E-state index is 12.8. The second-order valence-electron chi connectivity index (χ2n) is 5.53. The fourth-order valence-corrected chi connectivity index (χ4v) is 4.06. The van der Waals surface area contributed by atoms with Gasteiger partial charge in [0, 0.05) is 12.4 Å². The van der Waals surface area contributed by atoms with Crippen LogP contribution in [0.15, 0.2) is 70.2 Å². The molecule has 0 amide bonds. The van der Waals surface area contributed by atoms with Gasteiger partial charge in [-0.1, -0.05) is 36.4 Å². The Morgan fingerprint density at radius 2 is 1.75 bits per heavy atom. The Hall–Kier alpha value is -2.44. The molecular weight excluding hydrogens is 324 g/mol. The molecule has 0 aliphatic carbocycles. The van der Waals surface area contributed by atoms with Crippen molar-refractivity contribution in [2.45, 2.75) is 24.8 Å². The molecule has 5 nitrogen and oxygen atoms in total. The second kappa shape index (κ2) is 6.59. The minimum absolute atomic E-state index is 0.157. The van der Waals surface area contributed by atoms with Gasteiger partial charge in [0.1, 0.15) is 16.4 Å². The van der Waals surface area contributed by atoms with Crippen LogP contribution in [0.3, 0.4) is 0 Å². The Balaban J connectivity index is 2.03. The van der Waals surface area contributed by atoms with Crippen molar-refractivity contribution in [2.24, 2.45) is 0 Å². The highest BCUT2D eigenvalue weighted by atomic mass is 32.2. The molecule has 24 heavy (non-hydrogen) atoms. The molecule has 1 N–H and O–H groups in total. The van der Waals surface area contributed by atoms with E-state index in [1.54, 1.807) is 32.3 Å². The van der Waals surface area contributed by atoms with E-state index in [9.17, 15) is 8.42 Å². The van der Waals surface area contributed by atoms with Crippen molar-refractivity contribution in [1.82, 2.24) is 9.71 Å². The molecule has 0 saturated carbocycles. The minimum atomic E-state index is -3.74. The summed E-state index contributed by atoms with van der Waals surface area (Å²) >= 11 is 0.